The summed E-state index contributed by atoms with van der Waals surface area (Å²) >= 11 is 0. The zero-order valence-corrected chi connectivity index (χ0v) is 9.77. The first-order valence-electron chi connectivity index (χ1n) is 5.29. The Morgan fingerprint density at radius 1 is 1.44 bits per heavy atom. The largest absolute Gasteiger partial charge is 0.480 e. The molecule has 0 aliphatic rings. The Balaban J connectivity index is 2.74. The van der Waals surface area contributed by atoms with Gasteiger partial charge in [-0.1, -0.05) is 0 Å². The van der Waals surface area contributed by atoms with Gasteiger partial charge in [0.05, 0.1) is 0 Å². The number of rotatable bonds is 6. The van der Waals surface area contributed by atoms with Crippen molar-refractivity contribution in [2.45, 2.75) is 19.4 Å². The summed E-state index contributed by atoms with van der Waals surface area (Å²) in [6, 6.07) is 0.182. The van der Waals surface area contributed by atoms with E-state index in [0.717, 1.165) is 0 Å². The van der Waals surface area contributed by atoms with E-state index in [1.807, 2.05) is 0 Å². The van der Waals surface area contributed by atoms with Crippen molar-refractivity contribution in [2.24, 2.45) is 0 Å². The van der Waals surface area contributed by atoms with Gasteiger partial charge in [-0.25, -0.2) is 4.79 Å². The Kier molecular flexibility index (Phi) is 4.61. The van der Waals surface area contributed by atoms with Crippen molar-refractivity contribution in [3.8, 4) is 0 Å². The molecule has 7 nitrogen and oxygen atoms in total. The van der Waals surface area contributed by atoms with Gasteiger partial charge in [0.2, 0.25) is 0 Å². The quantitative estimate of drug-likeness (QED) is 0.523. The molecule has 0 unspecified atom stereocenters. The number of hydrogen-bond donors (Lipinski definition) is 4. The standard InChI is InChI=1S/C11H14N2O5/c1-6(15)7-4-9(12-5-7)10(16)13-8(2-3-14)11(17)18/h4-5,8,12,14H,2-3H2,1H3,(H,13,16)(H,17,18)/t8-/m0/s1. The van der Waals surface area contributed by atoms with E-state index in [-0.39, 0.29) is 24.5 Å². The van der Waals surface area contributed by atoms with Crippen LogP contribution in [0.1, 0.15) is 34.2 Å². The van der Waals surface area contributed by atoms with Crippen LogP contribution in [0.2, 0.25) is 0 Å². The first kappa shape index (κ1) is 13.9. The molecule has 0 radical (unpaired) electrons. The van der Waals surface area contributed by atoms with E-state index in [9.17, 15) is 14.4 Å². The van der Waals surface area contributed by atoms with Gasteiger partial charge in [0, 0.05) is 24.8 Å². The third-order valence-corrected chi connectivity index (χ3v) is 2.36. The number of aliphatic hydroxyl groups is 1. The number of amides is 1. The minimum Gasteiger partial charge on any atom is -0.480 e. The highest BCUT2D eigenvalue weighted by Crippen LogP contribution is 2.05. The fraction of sp³-hybridized carbons (Fsp3) is 0.364. The summed E-state index contributed by atoms with van der Waals surface area (Å²) in [6.07, 6.45) is 1.29. The molecule has 0 spiro atoms. The number of aliphatic hydroxyl groups excluding tert-OH is 1. The van der Waals surface area contributed by atoms with E-state index >= 15 is 0 Å². The fourth-order valence-corrected chi connectivity index (χ4v) is 1.35. The molecule has 0 saturated carbocycles. The predicted molar refractivity (Wildman–Crippen MR) is 61.4 cm³/mol. The van der Waals surface area contributed by atoms with Crippen LogP contribution < -0.4 is 5.32 Å². The summed E-state index contributed by atoms with van der Waals surface area (Å²) in [5, 5.41) is 19.7. The molecule has 0 saturated heterocycles. The normalized spacial score (nSPS) is 11.9. The molecule has 1 aromatic rings. The number of nitrogens with one attached hydrogen (secondary N) is 2. The van der Waals surface area contributed by atoms with Crippen LogP contribution in [0.5, 0.6) is 0 Å². The van der Waals surface area contributed by atoms with Crippen LogP contribution in [0, 0.1) is 0 Å². The Hall–Kier alpha value is -2.15. The molecule has 1 aromatic heterocycles. The number of aromatic amines is 1. The van der Waals surface area contributed by atoms with Crippen LogP contribution in [0.4, 0.5) is 0 Å². The molecule has 0 aromatic carbocycles. The number of aromatic nitrogens is 1. The smallest absolute Gasteiger partial charge is 0.326 e. The molecule has 1 amide bonds. The van der Waals surface area contributed by atoms with Gasteiger partial charge < -0.3 is 20.5 Å². The number of hydrogen-bond acceptors (Lipinski definition) is 4. The highest BCUT2D eigenvalue weighted by Gasteiger charge is 2.21. The number of Topliss-reactive ketones (excluding diaryl/α,β-unsaturated/α-hetero) is 1. The minimum atomic E-state index is -1.23. The molecular formula is C11H14N2O5. The van der Waals surface area contributed by atoms with Gasteiger partial charge in [-0.3, -0.25) is 9.59 Å². The maximum Gasteiger partial charge on any atom is 0.326 e. The van der Waals surface area contributed by atoms with Gasteiger partial charge in [0.1, 0.15) is 11.7 Å². The maximum atomic E-state index is 11.7. The van der Waals surface area contributed by atoms with Crippen molar-refractivity contribution in [3.63, 3.8) is 0 Å². The second-order valence-electron chi connectivity index (χ2n) is 3.73. The van der Waals surface area contributed by atoms with Gasteiger partial charge in [0.15, 0.2) is 5.78 Å². The summed E-state index contributed by atoms with van der Waals surface area (Å²) in [5.41, 5.74) is 0.443. The van der Waals surface area contributed by atoms with Crippen LogP contribution in [-0.2, 0) is 4.79 Å². The van der Waals surface area contributed by atoms with Gasteiger partial charge in [0.25, 0.3) is 5.91 Å². The Labute approximate surface area is 103 Å². The van der Waals surface area contributed by atoms with Crippen molar-refractivity contribution >= 4 is 17.7 Å². The van der Waals surface area contributed by atoms with Crippen LogP contribution in [0.15, 0.2) is 12.3 Å². The second kappa shape index (κ2) is 5.97. The molecule has 4 N–H and O–H groups in total. The van der Waals surface area contributed by atoms with Crippen molar-refractivity contribution in [1.29, 1.82) is 0 Å². The number of aliphatic carboxylic acids is 1. The first-order valence-corrected chi connectivity index (χ1v) is 5.29. The van der Waals surface area contributed by atoms with Gasteiger partial charge in [-0.05, 0) is 13.0 Å². The number of ketones is 1. The van der Waals surface area contributed by atoms with Crippen molar-refractivity contribution < 1.29 is 24.6 Å². The zero-order valence-electron chi connectivity index (χ0n) is 9.77. The second-order valence-corrected chi connectivity index (χ2v) is 3.73. The third-order valence-electron chi connectivity index (χ3n) is 2.36. The average Bonchev–Trinajstić information content (AvgIpc) is 2.77. The number of carbonyl (C=O) groups excluding carboxylic acids is 2. The number of carboxylic acids is 1. The number of H-pyrrole nitrogens is 1. The number of carbonyl (C=O) groups is 3. The van der Waals surface area contributed by atoms with Crippen molar-refractivity contribution in [1.82, 2.24) is 10.3 Å². The lowest BCUT2D eigenvalue weighted by atomic mass is 10.2. The van der Waals surface area contributed by atoms with Crippen LogP contribution in [0.3, 0.4) is 0 Å². The third kappa shape index (κ3) is 3.42. The molecule has 0 aliphatic heterocycles. The average molecular weight is 254 g/mol. The highest BCUT2D eigenvalue weighted by molar-refractivity contribution is 6.00. The predicted octanol–water partition coefficient (Wildman–Crippen LogP) is -0.217. The summed E-state index contributed by atoms with van der Waals surface area (Å²) in [7, 11) is 0. The maximum absolute atomic E-state index is 11.7. The SMILES string of the molecule is CC(=O)c1c[nH]c(C(=O)N[C@@H](CCO)C(=O)O)c1. The molecule has 1 heterocycles. The van der Waals surface area contributed by atoms with Gasteiger partial charge in [-0.15, -0.1) is 0 Å². The van der Waals surface area contributed by atoms with Crippen molar-refractivity contribution in [3.05, 3.63) is 23.5 Å². The monoisotopic (exact) mass is 254 g/mol. The zero-order chi connectivity index (χ0) is 13.7. The Morgan fingerprint density at radius 3 is 2.56 bits per heavy atom. The molecule has 1 atom stereocenters. The molecule has 7 heteroatoms. The van der Waals surface area contributed by atoms with Crippen LogP contribution >= 0.6 is 0 Å². The van der Waals surface area contributed by atoms with Gasteiger partial charge >= 0.3 is 5.97 Å². The first-order chi connectivity index (χ1) is 8.45. The lowest BCUT2D eigenvalue weighted by molar-refractivity contribution is -0.139. The Morgan fingerprint density at radius 2 is 2.11 bits per heavy atom. The lowest BCUT2D eigenvalue weighted by Crippen LogP contribution is -2.41. The molecule has 0 aliphatic carbocycles. The van der Waals surface area contributed by atoms with E-state index < -0.39 is 17.9 Å². The highest BCUT2D eigenvalue weighted by atomic mass is 16.4. The van der Waals surface area contributed by atoms with Crippen LogP contribution in [-0.4, -0.2) is 45.5 Å². The van der Waals surface area contributed by atoms with Gasteiger partial charge in [-0.2, -0.15) is 0 Å². The molecule has 98 valence electrons. The Bertz CT molecular complexity index is 466. The molecule has 18 heavy (non-hydrogen) atoms. The van der Waals surface area contributed by atoms with E-state index in [4.69, 9.17) is 10.2 Å². The lowest BCUT2D eigenvalue weighted by Gasteiger charge is -2.12. The number of carboxylic acid groups (broad SMARTS) is 1. The van der Waals surface area contributed by atoms with Crippen LogP contribution in [0.25, 0.3) is 0 Å². The summed E-state index contributed by atoms with van der Waals surface area (Å²) in [5.74, 6) is -2.06. The van der Waals surface area contributed by atoms with Crippen molar-refractivity contribution in [2.75, 3.05) is 6.61 Å². The van der Waals surface area contributed by atoms with E-state index in [2.05, 4.69) is 10.3 Å². The summed E-state index contributed by atoms with van der Waals surface area (Å²) in [6.45, 7) is 1.01. The fourth-order valence-electron chi connectivity index (χ4n) is 1.35. The molecular weight excluding hydrogens is 240 g/mol. The van der Waals surface area contributed by atoms with E-state index in [1.54, 1.807) is 0 Å². The molecule has 1 rings (SSSR count). The summed E-state index contributed by atoms with van der Waals surface area (Å²) in [4.78, 5) is 36.1. The minimum absolute atomic E-state index is 0.0820. The summed E-state index contributed by atoms with van der Waals surface area (Å²) < 4.78 is 0. The molecule has 0 bridgehead atoms. The topological polar surface area (TPSA) is 119 Å². The molecule has 0 fully saturated rings. The van der Waals surface area contributed by atoms with E-state index in [0.29, 0.717) is 5.56 Å². The van der Waals surface area contributed by atoms with E-state index in [1.165, 1.54) is 19.2 Å².